The third-order valence-corrected chi connectivity index (χ3v) is 5.68. The zero-order valence-corrected chi connectivity index (χ0v) is 17.9. The third kappa shape index (κ3) is 5.70. The first-order valence-corrected chi connectivity index (χ1v) is 10.9. The molecule has 0 unspecified atom stereocenters. The minimum Gasteiger partial charge on any atom is -0.484 e. The van der Waals surface area contributed by atoms with Gasteiger partial charge in [-0.25, -0.2) is 9.82 Å². The number of rotatable bonds is 7. The summed E-state index contributed by atoms with van der Waals surface area (Å²) in [5, 5.41) is 6.95. The van der Waals surface area contributed by atoms with E-state index in [0.717, 1.165) is 17.0 Å². The number of amides is 2. The van der Waals surface area contributed by atoms with Gasteiger partial charge in [0.2, 0.25) is 11.8 Å². The molecule has 8 heteroatoms. The molecule has 2 amide bonds. The lowest BCUT2D eigenvalue weighted by molar-refractivity contribution is -0.121. The van der Waals surface area contributed by atoms with E-state index in [1.165, 1.54) is 6.07 Å². The first kappa shape index (κ1) is 22.0. The van der Waals surface area contributed by atoms with Crippen molar-refractivity contribution in [1.29, 1.82) is 0 Å². The number of halogens is 1. The fourth-order valence-electron chi connectivity index (χ4n) is 3.94. The first-order valence-electron chi connectivity index (χ1n) is 10.9. The maximum Gasteiger partial charge on any atom is 0.240 e. The molecule has 0 aliphatic carbocycles. The highest BCUT2D eigenvalue weighted by atomic mass is 19.1. The van der Waals surface area contributed by atoms with Gasteiger partial charge in [0.15, 0.2) is 0 Å². The van der Waals surface area contributed by atoms with Crippen LogP contribution in [-0.4, -0.2) is 42.1 Å². The molecule has 4 rings (SSSR count). The molecule has 2 aromatic carbocycles. The average molecular weight is 439 g/mol. The number of hydrogen-bond donors (Lipinski definition) is 2. The Bertz CT molecular complexity index is 1010. The van der Waals surface area contributed by atoms with Crippen LogP contribution in [0.1, 0.15) is 42.9 Å². The monoisotopic (exact) mass is 438 g/mol. The average Bonchev–Trinajstić information content (AvgIpc) is 2.98. The number of fused-ring (bicyclic) bond motifs is 1. The van der Waals surface area contributed by atoms with E-state index in [1.807, 2.05) is 30.3 Å². The van der Waals surface area contributed by atoms with Gasteiger partial charge < -0.3 is 10.1 Å². The van der Waals surface area contributed by atoms with E-state index in [4.69, 9.17) is 4.74 Å². The molecule has 2 aromatic rings. The molecular formula is C24H27FN4O3. The molecule has 0 saturated carbocycles. The molecule has 0 bridgehead atoms. The lowest BCUT2D eigenvalue weighted by Gasteiger charge is -2.24. The van der Waals surface area contributed by atoms with E-state index < -0.39 is 6.10 Å². The van der Waals surface area contributed by atoms with Crippen LogP contribution in [0.25, 0.3) is 0 Å². The van der Waals surface area contributed by atoms with Crippen LogP contribution in [-0.2, 0) is 16.1 Å². The second-order valence-electron chi connectivity index (χ2n) is 8.03. The summed E-state index contributed by atoms with van der Waals surface area (Å²) in [6.45, 7) is 2.27. The molecule has 0 spiro atoms. The van der Waals surface area contributed by atoms with Gasteiger partial charge in [-0.2, -0.15) is 5.10 Å². The summed E-state index contributed by atoms with van der Waals surface area (Å²) in [5.41, 5.74) is 4.85. The summed E-state index contributed by atoms with van der Waals surface area (Å²) in [6.07, 6.45) is 1.45. The standard InChI is InChI=1S/C24H27FN4O3/c25-20-7-3-2-6-19(20)22-16-29(15-17-5-1-4-8-21(17)32-22)14-13-26-23(30)11-9-18-10-12-24(31)28-27-18/h1-8,22H,9-16H2,(H,26,30)(H,28,31)/t22-/m0/s1. The Morgan fingerprint density at radius 1 is 1.19 bits per heavy atom. The molecule has 2 aliphatic heterocycles. The second kappa shape index (κ2) is 10.4. The van der Waals surface area contributed by atoms with Crippen LogP contribution in [0.2, 0.25) is 0 Å². The summed E-state index contributed by atoms with van der Waals surface area (Å²) in [6, 6.07) is 14.5. The fourth-order valence-corrected chi connectivity index (χ4v) is 3.94. The Hall–Kier alpha value is -3.26. The van der Waals surface area contributed by atoms with E-state index in [2.05, 4.69) is 20.7 Å². The van der Waals surface area contributed by atoms with Crippen LogP contribution in [0.5, 0.6) is 5.75 Å². The summed E-state index contributed by atoms with van der Waals surface area (Å²) >= 11 is 0. The highest BCUT2D eigenvalue weighted by Gasteiger charge is 2.26. The van der Waals surface area contributed by atoms with Gasteiger partial charge in [-0.1, -0.05) is 36.4 Å². The van der Waals surface area contributed by atoms with Crippen molar-refractivity contribution in [3.8, 4) is 5.75 Å². The largest absolute Gasteiger partial charge is 0.484 e. The van der Waals surface area contributed by atoms with E-state index in [-0.39, 0.29) is 17.6 Å². The Kier molecular flexibility index (Phi) is 7.11. The van der Waals surface area contributed by atoms with Crippen LogP contribution >= 0.6 is 0 Å². The normalized spacial score (nSPS) is 18.6. The number of ether oxygens (including phenoxy) is 1. The Balaban J connectivity index is 1.33. The van der Waals surface area contributed by atoms with Gasteiger partial charge in [0.25, 0.3) is 0 Å². The molecule has 0 fully saturated rings. The van der Waals surface area contributed by atoms with Crippen LogP contribution in [0, 0.1) is 5.82 Å². The number of carbonyl (C=O) groups is 2. The van der Waals surface area contributed by atoms with Crippen molar-refractivity contribution in [2.24, 2.45) is 5.10 Å². The van der Waals surface area contributed by atoms with Gasteiger partial charge in [0.05, 0.1) is 0 Å². The van der Waals surface area contributed by atoms with Crippen LogP contribution in [0.4, 0.5) is 4.39 Å². The highest BCUT2D eigenvalue weighted by Crippen LogP contribution is 2.31. The molecular weight excluding hydrogens is 411 g/mol. The third-order valence-electron chi connectivity index (χ3n) is 5.68. The van der Waals surface area contributed by atoms with Gasteiger partial charge in [-0.3, -0.25) is 14.5 Å². The van der Waals surface area contributed by atoms with Crippen LogP contribution < -0.4 is 15.5 Å². The van der Waals surface area contributed by atoms with Gasteiger partial charge in [0.1, 0.15) is 17.7 Å². The molecule has 1 atom stereocenters. The Morgan fingerprint density at radius 2 is 2.00 bits per heavy atom. The topological polar surface area (TPSA) is 83.0 Å². The van der Waals surface area contributed by atoms with Crippen molar-refractivity contribution in [2.45, 2.75) is 38.3 Å². The van der Waals surface area contributed by atoms with Crippen molar-refractivity contribution in [3.05, 3.63) is 65.5 Å². The van der Waals surface area contributed by atoms with Crippen molar-refractivity contribution < 1.29 is 18.7 Å². The Morgan fingerprint density at radius 3 is 2.81 bits per heavy atom. The second-order valence-corrected chi connectivity index (χ2v) is 8.03. The van der Waals surface area contributed by atoms with E-state index >= 15 is 0 Å². The van der Waals surface area contributed by atoms with Crippen LogP contribution in [0.3, 0.4) is 0 Å². The molecule has 0 saturated heterocycles. The van der Waals surface area contributed by atoms with Crippen molar-refractivity contribution in [3.63, 3.8) is 0 Å². The fraction of sp³-hybridized carbons (Fsp3) is 0.375. The number of hydrogen-bond acceptors (Lipinski definition) is 5. The molecule has 0 aromatic heterocycles. The van der Waals surface area contributed by atoms with Crippen molar-refractivity contribution in [1.82, 2.24) is 15.6 Å². The number of carbonyl (C=O) groups excluding carboxylic acids is 2. The predicted octanol–water partition coefficient (Wildman–Crippen LogP) is 2.92. The molecule has 0 radical (unpaired) electrons. The molecule has 32 heavy (non-hydrogen) atoms. The zero-order chi connectivity index (χ0) is 22.3. The number of nitrogens with zero attached hydrogens (tertiary/aromatic N) is 2. The minimum atomic E-state index is -0.435. The zero-order valence-electron chi connectivity index (χ0n) is 17.9. The van der Waals surface area contributed by atoms with Gasteiger partial charge in [-0.15, -0.1) is 0 Å². The summed E-state index contributed by atoms with van der Waals surface area (Å²) in [7, 11) is 0. The lowest BCUT2D eigenvalue weighted by Crippen LogP contribution is -2.36. The van der Waals surface area contributed by atoms with Crippen molar-refractivity contribution in [2.75, 3.05) is 19.6 Å². The van der Waals surface area contributed by atoms with Gasteiger partial charge in [-0.05, 0) is 25.0 Å². The smallest absolute Gasteiger partial charge is 0.240 e. The van der Waals surface area contributed by atoms with E-state index in [0.29, 0.717) is 57.4 Å². The predicted molar refractivity (Wildman–Crippen MR) is 119 cm³/mol. The summed E-state index contributed by atoms with van der Waals surface area (Å²) in [4.78, 5) is 25.6. The summed E-state index contributed by atoms with van der Waals surface area (Å²) < 4.78 is 20.6. The SMILES string of the molecule is O=C(CCC1=NNC(=O)CC1)NCCN1Cc2ccccc2O[C@H](c2ccccc2F)C1. The molecule has 2 heterocycles. The lowest BCUT2D eigenvalue weighted by atomic mass is 10.1. The van der Waals surface area contributed by atoms with E-state index in [9.17, 15) is 14.0 Å². The number of benzene rings is 2. The van der Waals surface area contributed by atoms with Gasteiger partial charge >= 0.3 is 0 Å². The van der Waals surface area contributed by atoms with E-state index in [1.54, 1.807) is 12.1 Å². The molecule has 2 N–H and O–H groups in total. The summed E-state index contributed by atoms with van der Waals surface area (Å²) in [5.74, 6) is 0.330. The maximum absolute atomic E-state index is 14.4. The van der Waals surface area contributed by atoms with Gasteiger partial charge in [0, 0.05) is 55.9 Å². The number of para-hydroxylation sites is 1. The quantitative estimate of drug-likeness (QED) is 0.696. The van der Waals surface area contributed by atoms with Crippen LogP contribution in [0.15, 0.2) is 53.6 Å². The maximum atomic E-state index is 14.4. The van der Waals surface area contributed by atoms with Crippen molar-refractivity contribution >= 4 is 17.5 Å². The highest BCUT2D eigenvalue weighted by molar-refractivity contribution is 5.94. The molecule has 2 aliphatic rings. The molecule has 168 valence electrons. The number of hydrazone groups is 1. The first-order chi connectivity index (χ1) is 15.6. The molecule has 7 nitrogen and oxygen atoms in total. The minimum absolute atomic E-state index is 0.0540. The Labute approximate surface area is 186 Å². The number of nitrogens with one attached hydrogen (secondary N) is 2.